The normalized spacial score (nSPS) is 17.6. The van der Waals surface area contributed by atoms with E-state index in [0.717, 1.165) is 54.7 Å². The Morgan fingerprint density at radius 1 is 0.853 bits per heavy atom. The molecular weight excluding hydrogens is 424 g/mol. The lowest BCUT2D eigenvalue weighted by molar-refractivity contribution is 0.0982. The highest BCUT2D eigenvalue weighted by Gasteiger charge is 2.23. The number of benzene rings is 3. The van der Waals surface area contributed by atoms with E-state index in [4.69, 9.17) is 4.74 Å². The number of urea groups is 1. The molecule has 4 rings (SSSR count). The SMILES string of the molecule is Cc1ccc(NC(=O)NC2CCC(Oc3ccc(C(=O)CCc4ccccc4)cc3)CC2)cc1. The molecule has 3 aromatic carbocycles. The molecule has 5 heteroatoms. The first-order chi connectivity index (χ1) is 16.5. The van der Waals surface area contributed by atoms with Gasteiger partial charge in [0.15, 0.2) is 5.78 Å². The summed E-state index contributed by atoms with van der Waals surface area (Å²) in [6.45, 7) is 2.02. The van der Waals surface area contributed by atoms with Gasteiger partial charge in [0.05, 0.1) is 6.10 Å². The van der Waals surface area contributed by atoms with Crippen molar-refractivity contribution in [3.63, 3.8) is 0 Å². The Balaban J connectivity index is 1.18. The largest absolute Gasteiger partial charge is 0.490 e. The summed E-state index contributed by atoms with van der Waals surface area (Å²) >= 11 is 0. The third-order valence-corrected chi connectivity index (χ3v) is 6.28. The molecule has 0 radical (unpaired) electrons. The van der Waals surface area contributed by atoms with Gasteiger partial charge in [0.1, 0.15) is 5.75 Å². The van der Waals surface area contributed by atoms with Crippen molar-refractivity contribution in [3.8, 4) is 5.75 Å². The van der Waals surface area contributed by atoms with Crippen LogP contribution in [0.25, 0.3) is 0 Å². The number of nitrogens with one attached hydrogen (secondary N) is 2. The molecule has 0 heterocycles. The summed E-state index contributed by atoms with van der Waals surface area (Å²) in [6, 6.07) is 25.3. The average Bonchev–Trinajstić information content (AvgIpc) is 2.86. The molecule has 0 atom stereocenters. The highest BCUT2D eigenvalue weighted by Crippen LogP contribution is 2.25. The Hall–Kier alpha value is -3.60. The van der Waals surface area contributed by atoms with Crippen molar-refractivity contribution in [1.29, 1.82) is 0 Å². The van der Waals surface area contributed by atoms with E-state index in [1.807, 2.05) is 85.8 Å². The first-order valence-corrected chi connectivity index (χ1v) is 12.0. The molecule has 3 aromatic rings. The van der Waals surface area contributed by atoms with Crippen molar-refractivity contribution in [2.24, 2.45) is 0 Å². The third kappa shape index (κ3) is 6.95. The maximum atomic E-state index is 12.5. The Morgan fingerprint density at radius 2 is 1.53 bits per heavy atom. The van der Waals surface area contributed by atoms with E-state index >= 15 is 0 Å². The molecule has 1 fully saturated rings. The van der Waals surface area contributed by atoms with Crippen LogP contribution in [0.5, 0.6) is 5.75 Å². The number of hydrogen-bond acceptors (Lipinski definition) is 3. The number of aryl methyl sites for hydroxylation is 2. The number of ether oxygens (including phenoxy) is 1. The molecule has 2 N–H and O–H groups in total. The van der Waals surface area contributed by atoms with Crippen LogP contribution in [0.2, 0.25) is 0 Å². The van der Waals surface area contributed by atoms with Gasteiger partial charge in [0.25, 0.3) is 0 Å². The fourth-order valence-electron chi connectivity index (χ4n) is 4.27. The Morgan fingerprint density at radius 3 is 2.21 bits per heavy atom. The van der Waals surface area contributed by atoms with Crippen LogP contribution in [0.15, 0.2) is 78.9 Å². The Labute approximate surface area is 201 Å². The second-order valence-corrected chi connectivity index (χ2v) is 8.99. The fourth-order valence-corrected chi connectivity index (χ4v) is 4.27. The monoisotopic (exact) mass is 456 g/mol. The zero-order valence-electron chi connectivity index (χ0n) is 19.6. The minimum atomic E-state index is -0.166. The van der Waals surface area contributed by atoms with Gasteiger partial charge >= 0.3 is 6.03 Å². The van der Waals surface area contributed by atoms with E-state index in [2.05, 4.69) is 10.6 Å². The van der Waals surface area contributed by atoms with Crippen LogP contribution in [0.3, 0.4) is 0 Å². The quantitative estimate of drug-likeness (QED) is 0.390. The van der Waals surface area contributed by atoms with Crippen molar-refractivity contribution in [1.82, 2.24) is 5.32 Å². The van der Waals surface area contributed by atoms with Gasteiger partial charge in [-0.1, -0.05) is 48.0 Å². The standard InChI is InChI=1S/C29H32N2O3/c1-21-7-12-24(13-8-21)30-29(33)31-25-14-18-27(19-15-25)34-26-16-10-23(11-17-26)28(32)20-9-22-5-3-2-4-6-22/h2-8,10-13,16-17,25,27H,9,14-15,18-20H2,1H3,(H2,30,31,33). The maximum Gasteiger partial charge on any atom is 0.319 e. The highest BCUT2D eigenvalue weighted by molar-refractivity contribution is 5.96. The van der Waals surface area contributed by atoms with Crippen molar-refractivity contribution in [2.75, 3.05) is 5.32 Å². The number of carbonyl (C=O) groups is 2. The summed E-state index contributed by atoms with van der Waals surface area (Å²) in [5, 5.41) is 5.96. The second-order valence-electron chi connectivity index (χ2n) is 8.99. The minimum Gasteiger partial charge on any atom is -0.490 e. The minimum absolute atomic E-state index is 0.123. The van der Waals surface area contributed by atoms with E-state index in [-0.39, 0.29) is 24.0 Å². The predicted octanol–water partition coefficient (Wildman–Crippen LogP) is 6.32. The van der Waals surface area contributed by atoms with Crippen LogP contribution >= 0.6 is 0 Å². The van der Waals surface area contributed by atoms with Crippen LogP contribution in [-0.4, -0.2) is 24.0 Å². The van der Waals surface area contributed by atoms with Gasteiger partial charge in [-0.2, -0.15) is 0 Å². The van der Waals surface area contributed by atoms with Crippen LogP contribution in [0.1, 0.15) is 53.6 Å². The summed E-state index contributed by atoms with van der Waals surface area (Å²) in [5.41, 5.74) is 3.85. The summed E-state index contributed by atoms with van der Waals surface area (Å²) in [4.78, 5) is 24.8. The number of amides is 2. The molecule has 0 unspecified atom stereocenters. The maximum absolute atomic E-state index is 12.5. The van der Waals surface area contributed by atoms with Crippen LogP contribution < -0.4 is 15.4 Å². The Kier molecular flexibility index (Phi) is 7.97. The van der Waals surface area contributed by atoms with Gasteiger partial charge < -0.3 is 15.4 Å². The second kappa shape index (κ2) is 11.5. The zero-order valence-corrected chi connectivity index (χ0v) is 19.6. The smallest absolute Gasteiger partial charge is 0.319 e. The van der Waals surface area contributed by atoms with Crippen LogP contribution in [0.4, 0.5) is 10.5 Å². The average molecular weight is 457 g/mol. The van der Waals surface area contributed by atoms with Crippen LogP contribution in [0, 0.1) is 6.92 Å². The van der Waals surface area contributed by atoms with Crippen molar-refractivity contribution < 1.29 is 14.3 Å². The number of carbonyl (C=O) groups excluding carboxylic acids is 2. The molecule has 2 amide bonds. The molecule has 0 aromatic heterocycles. The molecule has 34 heavy (non-hydrogen) atoms. The highest BCUT2D eigenvalue weighted by atomic mass is 16.5. The number of ketones is 1. The summed E-state index contributed by atoms with van der Waals surface area (Å²) in [5.74, 6) is 0.930. The van der Waals surface area contributed by atoms with Gasteiger partial charge in [0, 0.05) is 23.7 Å². The lowest BCUT2D eigenvalue weighted by Gasteiger charge is -2.29. The lowest BCUT2D eigenvalue weighted by atomic mass is 9.93. The van der Waals surface area contributed by atoms with E-state index in [1.165, 1.54) is 5.56 Å². The number of hydrogen-bond donors (Lipinski definition) is 2. The van der Waals surface area contributed by atoms with E-state index in [9.17, 15) is 9.59 Å². The molecule has 0 saturated heterocycles. The predicted molar refractivity (Wildman–Crippen MR) is 136 cm³/mol. The number of Topliss-reactive ketones (excluding diaryl/α,β-unsaturated/α-hetero) is 1. The zero-order chi connectivity index (χ0) is 23.8. The van der Waals surface area contributed by atoms with Gasteiger partial charge in [-0.05, 0) is 81.0 Å². The van der Waals surface area contributed by atoms with E-state index in [0.29, 0.717) is 6.42 Å². The summed E-state index contributed by atoms with van der Waals surface area (Å²) in [7, 11) is 0. The van der Waals surface area contributed by atoms with Crippen molar-refractivity contribution in [2.45, 2.75) is 57.6 Å². The summed E-state index contributed by atoms with van der Waals surface area (Å²) < 4.78 is 6.14. The molecule has 0 spiro atoms. The van der Waals surface area contributed by atoms with E-state index in [1.54, 1.807) is 0 Å². The molecule has 176 valence electrons. The first-order valence-electron chi connectivity index (χ1n) is 12.0. The summed E-state index contributed by atoms with van der Waals surface area (Å²) in [6.07, 6.45) is 4.89. The van der Waals surface area contributed by atoms with Gasteiger partial charge in [-0.25, -0.2) is 4.79 Å². The molecule has 0 aliphatic heterocycles. The first kappa shape index (κ1) is 23.6. The molecule has 5 nitrogen and oxygen atoms in total. The van der Waals surface area contributed by atoms with Gasteiger partial charge in [-0.3, -0.25) is 4.79 Å². The topological polar surface area (TPSA) is 67.4 Å². The molecule has 1 aliphatic carbocycles. The fraction of sp³-hybridized carbons (Fsp3) is 0.310. The van der Waals surface area contributed by atoms with Crippen molar-refractivity contribution in [3.05, 3.63) is 95.6 Å². The molecule has 1 saturated carbocycles. The lowest BCUT2D eigenvalue weighted by Crippen LogP contribution is -2.41. The van der Waals surface area contributed by atoms with E-state index < -0.39 is 0 Å². The van der Waals surface area contributed by atoms with Gasteiger partial charge in [-0.15, -0.1) is 0 Å². The van der Waals surface area contributed by atoms with Gasteiger partial charge in [0.2, 0.25) is 0 Å². The number of rotatable bonds is 8. The van der Waals surface area contributed by atoms with Crippen LogP contribution in [-0.2, 0) is 6.42 Å². The molecule has 0 bridgehead atoms. The van der Waals surface area contributed by atoms with Crippen molar-refractivity contribution >= 4 is 17.5 Å². The third-order valence-electron chi connectivity index (χ3n) is 6.28. The Bertz CT molecular complexity index is 1070. The number of anilines is 1. The molecular formula is C29H32N2O3. The molecule has 1 aliphatic rings.